The Bertz CT molecular complexity index is 1370. The summed E-state index contributed by atoms with van der Waals surface area (Å²) in [7, 11) is 0. The highest BCUT2D eigenvalue weighted by Crippen LogP contribution is 2.37. The molecule has 1 aliphatic carbocycles. The van der Waals surface area contributed by atoms with Gasteiger partial charge in [0.1, 0.15) is 5.82 Å². The molecule has 1 aromatic heterocycles. The Balaban J connectivity index is 1.33. The van der Waals surface area contributed by atoms with Crippen LogP contribution in [0.4, 0.5) is 0 Å². The summed E-state index contributed by atoms with van der Waals surface area (Å²) in [6.45, 7) is 0.633. The summed E-state index contributed by atoms with van der Waals surface area (Å²) < 4.78 is 2.24. The zero-order chi connectivity index (χ0) is 24.9. The van der Waals surface area contributed by atoms with Gasteiger partial charge in [0.15, 0.2) is 0 Å². The van der Waals surface area contributed by atoms with Gasteiger partial charge in [-0.15, -0.1) is 0 Å². The molecule has 1 fully saturated rings. The number of imidazole rings is 1. The first-order valence-electron chi connectivity index (χ1n) is 12.8. The number of aromatic nitrogens is 2. The van der Waals surface area contributed by atoms with Crippen LogP contribution in [-0.4, -0.2) is 33.1 Å². The fourth-order valence-corrected chi connectivity index (χ4v) is 5.17. The Morgan fingerprint density at radius 3 is 2.50 bits per heavy atom. The van der Waals surface area contributed by atoms with Crippen molar-refractivity contribution in [1.29, 1.82) is 0 Å². The number of nitrogens with zero attached hydrogens (tertiary/aromatic N) is 2. The van der Waals surface area contributed by atoms with E-state index in [0.717, 1.165) is 49.0 Å². The van der Waals surface area contributed by atoms with Gasteiger partial charge < -0.3 is 15.0 Å². The number of fused-ring (bicyclic) bond motifs is 1. The fourth-order valence-electron chi connectivity index (χ4n) is 5.17. The van der Waals surface area contributed by atoms with Crippen molar-refractivity contribution in [2.45, 2.75) is 51.0 Å². The first kappa shape index (κ1) is 23.8. The molecule has 0 saturated heterocycles. The summed E-state index contributed by atoms with van der Waals surface area (Å²) in [5, 5.41) is 12.5. The molecule has 0 bridgehead atoms. The van der Waals surface area contributed by atoms with Crippen molar-refractivity contribution >= 4 is 22.9 Å². The van der Waals surface area contributed by atoms with E-state index in [1.165, 1.54) is 18.4 Å². The van der Waals surface area contributed by atoms with Crippen molar-refractivity contribution in [3.63, 3.8) is 0 Å². The molecule has 4 aromatic rings. The van der Waals surface area contributed by atoms with Gasteiger partial charge in [-0.05, 0) is 68.0 Å². The number of hydrogen-bond acceptors (Lipinski definition) is 3. The minimum Gasteiger partial charge on any atom is -0.478 e. The van der Waals surface area contributed by atoms with Gasteiger partial charge in [-0.25, -0.2) is 9.78 Å². The van der Waals surface area contributed by atoms with Crippen LogP contribution in [-0.2, 0) is 6.42 Å². The SMILES string of the molecule is O=C(O)c1ccc2c(c1)nc(-c1cccc(C(=O)NCCCCc3ccccc3)c1)n2C1CCCC1. The summed E-state index contributed by atoms with van der Waals surface area (Å²) in [5.74, 6) is -0.262. The van der Waals surface area contributed by atoms with E-state index in [0.29, 0.717) is 23.7 Å². The quantitative estimate of drug-likeness (QED) is 0.276. The topological polar surface area (TPSA) is 84.2 Å². The van der Waals surface area contributed by atoms with Crippen LogP contribution in [0.15, 0.2) is 72.8 Å². The number of aromatic carboxylic acids is 1. The molecule has 2 N–H and O–H groups in total. The molecule has 0 unspecified atom stereocenters. The Labute approximate surface area is 211 Å². The normalized spacial score (nSPS) is 13.8. The molecule has 1 saturated carbocycles. The summed E-state index contributed by atoms with van der Waals surface area (Å²) in [6.07, 6.45) is 7.43. The molecule has 1 heterocycles. The summed E-state index contributed by atoms with van der Waals surface area (Å²) >= 11 is 0. The number of hydrogen-bond donors (Lipinski definition) is 2. The Morgan fingerprint density at radius 1 is 0.917 bits per heavy atom. The van der Waals surface area contributed by atoms with Crippen molar-refractivity contribution in [2.24, 2.45) is 0 Å². The molecule has 36 heavy (non-hydrogen) atoms. The van der Waals surface area contributed by atoms with Gasteiger partial charge in [-0.2, -0.15) is 0 Å². The van der Waals surface area contributed by atoms with Crippen molar-refractivity contribution < 1.29 is 14.7 Å². The van der Waals surface area contributed by atoms with E-state index in [-0.39, 0.29) is 11.5 Å². The second-order valence-corrected chi connectivity index (χ2v) is 9.53. The lowest BCUT2D eigenvalue weighted by Gasteiger charge is -2.17. The Hall–Kier alpha value is -3.93. The average Bonchev–Trinajstić information content (AvgIpc) is 3.56. The molecule has 0 spiro atoms. The van der Waals surface area contributed by atoms with Crippen LogP contribution in [0.5, 0.6) is 0 Å². The van der Waals surface area contributed by atoms with E-state index >= 15 is 0 Å². The molecule has 1 aliphatic rings. The number of carbonyl (C=O) groups is 2. The minimum atomic E-state index is -0.962. The predicted molar refractivity (Wildman–Crippen MR) is 141 cm³/mol. The Kier molecular flexibility index (Phi) is 7.12. The maximum Gasteiger partial charge on any atom is 0.335 e. The van der Waals surface area contributed by atoms with E-state index in [4.69, 9.17) is 4.98 Å². The molecular formula is C30H31N3O3. The van der Waals surface area contributed by atoms with Crippen LogP contribution in [0.2, 0.25) is 0 Å². The highest BCUT2D eigenvalue weighted by Gasteiger charge is 2.24. The van der Waals surface area contributed by atoms with Gasteiger partial charge in [0.2, 0.25) is 0 Å². The number of rotatable bonds is 9. The number of aryl methyl sites for hydroxylation is 1. The molecule has 0 atom stereocenters. The van der Waals surface area contributed by atoms with Gasteiger partial charge in [0.05, 0.1) is 16.6 Å². The highest BCUT2D eigenvalue weighted by molar-refractivity contribution is 5.96. The lowest BCUT2D eigenvalue weighted by Crippen LogP contribution is -2.24. The molecule has 0 aliphatic heterocycles. The van der Waals surface area contributed by atoms with Gasteiger partial charge in [0, 0.05) is 23.7 Å². The third-order valence-electron chi connectivity index (χ3n) is 7.03. The smallest absolute Gasteiger partial charge is 0.335 e. The molecule has 5 rings (SSSR count). The number of carboxylic acids is 1. The van der Waals surface area contributed by atoms with E-state index in [1.54, 1.807) is 12.1 Å². The lowest BCUT2D eigenvalue weighted by atomic mass is 10.1. The second-order valence-electron chi connectivity index (χ2n) is 9.53. The van der Waals surface area contributed by atoms with E-state index in [9.17, 15) is 14.7 Å². The van der Waals surface area contributed by atoms with Gasteiger partial charge in [-0.1, -0.05) is 55.3 Å². The zero-order valence-electron chi connectivity index (χ0n) is 20.3. The van der Waals surface area contributed by atoms with Crippen LogP contribution in [0.25, 0.3) is 22.4 Å². The van der Waals surface area contributed by atoms with E-state index < -0.39 is 5.97 Å². The standard InChI is InChI=1S/C30H31N3O3/c34-29(31-18-7-6-11-21-9-2-1-3-10-21)23-13-8-12-22(19-23)28-32-26-20-24(30(35)36)16-17-27(26)33(28)25-14-4-5-15-25/h1-3,8-10,12-13,16-17,19-20,25H,4-7,11,14-15,18H2,(H,31,34)(H,35,36). The van der Waals surface area contributed by atoms with Gasteiger partial charge >= 0.3 is 5.97 Å². The van der Waals surface area contributed by atoms with Crippen LogP contribution in [0.3, 0.4) is 0 Å². The van der Waals surface area contributed by atoms with Crippen molar-refractivity contribution in [3.05, 3.63) is 89.5 Å². The fraction of sp³-hybridized carbons (Fsp3) is 0.300. The van der Waals surface area contributed by atoms with Crippen molar-refractivity contribution in [3.8, 4) is 11.4 Å². The van der Waals surface area contributed by atoms with Gasteiger partial charge in [-0.3, -0.25) is 4.79 Å². The maximum atomic E-state index is 12.9. The van der Waals surface area contributed by atoms with E-state index in [2.05, 4.69) is 34.1 Å². The zero-order valence-corrected chi connectivity index (χ0v) is 20.3. The number of carbonyl (C=O) groups excluding carboxylic acids is 1. The van der Waals surface area contributed by atoms with Crippen LogP contribution in [0.1, 0.15) is 70.8 Å². The monoisotopic (exact) mass is 481 g/mol. The lowest BCUT2D eigenvalue weighted by molar-refractivity contribution is 0.0696. The Morgan fingerprint density at radius 2 is 1.72 bits per heavy atom. The average molecular weight is 482 g/mol. The van der Waals surface area contributed by atoms with Crippen LogP contribution in [0, 0.1) is 0 Å². The molecule has 1 amide bonds. The van der Waals surface area contributed by atoms with E-state index in [1.807, 2.05) is 36.4 Å². The summed E-state index contributed by atoms with van der Waals surface area (Å²) in [6, 6.07) is 23.4. The summed E-state index contributed by atoms with van der Waals surface area (Å²) in [4.78, 5) is 29.2. The second kappa shape index (κ2) is 10.8. The number of nitrogens with one attached hydrogen (secondary N) is 1. The number of unbranched alkanes of at least 4 members (excludes halogenated alkanes) is 1. The number of carboxylic acid groups (broad SMARTS) is 1. The van der Waals surface area contributed by atoms with Crippen LogP contribution >= 0.6 is 0 Å². The molecule has 0 radical (unpaired) electrons. The largest absolute Gasteiger partial charge is 0.478 e. The van der Waals surface area contributed by atoms with Crippen molar-refractivity contribution in [2.75, 3.05) is 6.54 Å². The molecule has 6 heteroatoms. The van der Waals surface area contributed by atoms with Crippen LogP contribution < -0.4 is 5.32 Å². The van der Waals surface area contributed by atoms with Crippen molar-refractivity contribution in [1.82, 2.24) is 14.9 Å². The number of benzene rings is 3. The summed E-state index contributed by atoms with van der Waals surface area (Å²) in [5.41, 5.74) is 4.63. The first-order chi connectivity index (χ1) is 17.6. The minimum absolute atomic E-state index is 0.0896. The molecule has 184 valence electrons. The number of amides is 1. The maximum absolute atomic E-state index is 12.9. The predicted octanol–water partition coefficient (Wildman–Crippen LogP) is 6.27. The highest BCUT2D eigenvalue weighted by atomic mass is 16.4. The third-order valence-corrected chi connectivity index (χ3v) is 7.03. The third kappa shape index (κ3) is 5.18. The van der Waals surface area contributed by atoms with Gasteiger partial charge in [0.25, 0.3) is 5.91 Å². The molecule has 3 aromatic carbocycles. The molecular weight excluding hydrogens is 450 g/mol. The molecule has 6 nitrogen and oxygen atoms in total. The first-order valence-corrected chi connectivity index (χ1v) is 12.8.